The van der Waals surface area contributed by atoms with E-state index in [1.54, 1.807) is 0 Å². The first-order valence-corrected chi connectivity index (χ1v) is 5.29. The van der Waals surface area contributed by atoms with Gasteiger partial charge in [-0.05, 0) is 30.9 Å². The number of hydrogen-bond acceptors (Lipinski definition) is 1. The monoisotopic (exact) mass is 193 g/mol. The average Bonchev–Trinajstić information content (AvgIpc) is 2.01. The second kappa shape index (κ2) is 4.45. The summed E-state index contributed by atoms with van der Waals surface area (Å²) in [6.07, 6.45) is 2.08. The topological polar surface area (TPSA) is 32.9 Å². The van der Waals surface area contributed by atoms with Crippen molar-refractivity contribution in [2.75, 3.05) is 0 Å². The maximum Gasteiger partial charge on any atom is 0.251 e. The quantitative estimate of drug-likeness (QED) is 0.786. The van der Waals surface area contributed by atoms with Crippen molar-refractivity contribution in [3.63, 3.8) is 0 Å². The Bertz CT molecular complexity index is 363. The molecule has 2 heteroatoms. The van der Waals surface area contributed by atoms with Crippen molar-refractivity contribution < 1.29 is 0 Å². The normalized spacial score (nSPS) is 10.9. The molecule has 0 saturated carbocycles. The zero-order chi connectivity index (χ0) is 10.7. The zero-order valence-corrected chi connectivity index (χ0v) is 9.48. The lowest BCUT2D eigenvalue weighted by atomic mass is 9.96. The molecule has 0 radical (unpaired) electrons. The third-order valence-electron chi connectivity index (χ3n) is 2.39. The van der Waals surface area contributed by atoms with E-state index in [4.69, 9.17) is 0 Å². The second-order valence-corrected chi connectivity index (χ2v) is 4.13. The Morgan fingerprint density at radius 3 is 2.57 bits per heavy atom. The minimum absolute atomic E-state index is 0.0865. The first kappa shape index (κ1) is 11.0. The van der Waals surface area contributed by atoms with Crippen LogP contribution in [0.1, 0.15) is 49.9 Å². The van der Waals surface area contributed by atoms with E-state index in [0.29, 0.717) is 5.92 Å². The fraction of sp³-hybridized carbons (Fsp3) is 0.583. The summed E-state index contributed by atoms with van der Waals surface area (Å²) in [6.45, 7) is 8.21. The molecule has 0 aliphatic carbocycles. The molecule has 0 unspecified atom stereocenters. The van der Waals surface area contributed by atoms with Gasteiger partial charge >= 0.3 is 0 Å². The number of rotatable bonds is 3. The molecule has 1 rings (SSSR count). The number of aryl methyl sites for hydroxylation is 2. The number of nitrogens with one attached hydrogen (secondary N) is 1. The average molecular weight is 193 g/mol. The molecule has 2 nitrogen and oxygen atoms in total. The summed E-state index contributed by atoms with van der Waals surface area (Å²) in [4.78, 5) is 14.6. The lowest BCUT2D eigenvalue weighted by Crippen LogP contribution is -2.18. The molecule has 0 bridgehead atoms. The first-order chi connectivity index (χ1) is 6.56. The highest BCUT2D eigenvalue weighted by Crippen LogP contribution is 2.17. The van der Waals surface area contributed by atoms with Gasteiger partial charge in [-0.25, -0.2) is 0 Å². The molecule has 0 aromatic carbocycles. The van der Waals surface area contributed by atoms with Crippen molar-refractivity contribution >= 4 is 0 Å². The van der Waals surface area contributed by atoms with E-state index in [0.717, 1.165) is 24.1 Å². The molecule has 0 aliphatic rings. The van der Waals surface area contributed by atoms with E-state index < -0.39 is 0 Å². The van der Waals surface area contributed by atoms with Crippen molar-refractivity contribution in [3.8, 4) is 0 Å². The lowest BCUT2D eigenvalue weighted by Gasteiger charge is -2.11. The van der Waals surface area contributed by atoms with Crippen molar-refractivity contribution in [1.82, 2.24) is 4.98 Å². The molecule has 1 N–H and O–H groups in total. The maximum atomic E-state index is 11.7. The van der Waals surface area contributed by atoms with E-state index in [1.165, 1.54) is 5.56 Å². The Labute approximate surface area is 85.4 Å². The molecular formula is C12H19NO. The Morgan fingerprint density at radius 2 is 2.07 bits per heavy atom. The predicted molar refractivity (Wildman–Crippen MR) is 59.9 cm³/mol. The van der Waals surface area contributed by atoms with Gasteiger partial charge in [0.25, 0.3) is 5.56 Å². The number of H-pyrrole nitrogens is 1. The summed E-state index contributed by atoms with van der Waals surface area (Å²) in [5, 5.41) is 0. The van der Waals surface area contributed by atoms with Crippen LogP contribution in [-0.4, -0.2) is 4.98 Å². The van der Waals surface area contributed by atoms with Gasteiger partial charge < -0.3 is 4.98 Å². The number of hydrogen-bond donors (Lipinski definition) is 1. The molecule has 1 heterocycles. The van der Waals surface area contributed by atoms with Crippen molar-refractivity contribution in [1.29, 1.82) is 0 Å². The largest absolute Gasteiger partial charge is 0.326 e. The van der Waals surface area contributed by atoms with Crippen molar-refractivity contribution in [3.05, 3.63) is 33.2 Å². The molecule has 0 atom stereocenters. The van der Waals surface area contributed by atoms with Gasteiger partial charge in [0.2, 0.25) is 0 Å². The first-order valence-electron chi connectivity index (χ1n) is 5.29. The second-order valence-electron chi connectivity index (χ2n) is 4.13. The van der Waals surface area contributed by atoms with Crippen LogP contribution in [-0.2, 0) is 6.42 Å². The minimum atomic E-state index is 0.0865. The molecule has 1 aromatic rings. The van der Waals surface area contributed by atoms with E-state index in [-0.39, 0.29) is 5.56 Å². The lowest BCUT2D eigenvalue weighted by molar-refractivity contribution is 0.795. The molecule has 0 spiro atoms. The van der Waals surface area contributed by atoms with Crippen LogP contribution in [0.2, 0.25) is 0 Å². The highest BCUT2D eigenvalue weighted by atomic mass is 16.1. The molecule has 0 amide bonds. The van der Waals surface area contributed by atoms with Gasteiger partial charge in [-0.3, -0.25) is 4.79 Å². The fourth-order valence-electron chi connectivity index (χ4n) is 1.88. The van der Waals surface area contributed by atoms with Gasteiger partial charge in [0.1, 0.15) is 0 Å². The number of pyridine rings is 1. The van der Waals surface area contributed by atoms with Gasteiger partial charge in [-0.15, -0.1) is 0 Å². The van der Waals surface area contributed by atoms with E-state index in [9.17, 15) is 4.79 Å². The summed E-state index contributed by atoms with van der Waals surface area (Å²) < 4.78 is 0. The van der Waals surface area contributed by atoms with Gasteiger partial charge in [0.05, 0.1) is 0 Å². The van der Waals surface area contributed by atoms with Crippen molar-refractivity contribution in [2.45, 2.75) is 46.5 Å². The SMILES string of the molecule is CCCc1cc(C)[nH]c(=O)c1C(C)C. The van der Waals surface area contributed by atoms with Crippen LogP contribution in [0.25, 0.3) is 0 Å². The zero-order valence-electron chi connectivity index (χ0n) is 9.48. The molecule has 0 aliphatic heterocycles. The van der Waals surface area contributed by atoms with Crippen LogP contribution in [0.4, 0.5) is 0 Å². The van der Waals surface area contributed by atoms with Crippen LogP contribution in [0.3, 0.4) is 0 Å². The van der Waals surface area contributed by atoms with Gasteiger partial charge in [-0.1, -0.05) is 27.2 Å². The Kier molecular flexibility index (Phi) is 3.50. The smallest absolute Gasteiger partial charge is 0.251 e. The van der Waals surface area contributed by atoms with Gasteiger partial charge in [0, 0.05) is 11.3 Å². The standard InChI is InChI=1S/C12H19NO/c1-5-6-10-7-9(4)13-12(14)11(10)8(2)3/h7-8H,5-6H2,1-4H3,(H,13,14). The van der Waals surface area contributed by atoms with Crippen LogP contribution < -0.4 is 5.56 Å². The van der Waals surface area contributed by atoms with Crippen molar-refractivity contribution in [2.24, 2.45) is 0 Å². The van der Waals surface area contributed by atoms with E-state index >= 15 is 0 Å². The molecule has 0 saturated heterocycles. The van der Waals surface area contributed by atoms with Crippen LogP contribution in [0, 0.1) is 6.92 Å². The van der Waals surface area contributed by atoms with Crippen LogP contribution in [0.15, 0.2) is 10.9 Å². The van der Waals surface area contributed by atoms with Gasteiger partial charge in [0.15, 0.2) is 0 Å². The van der Waals surface area contributed by atoms with E-state index in [2.05, 4.69) is 31.8 Å². The number of aromatic amines is 1. The molecule has 1 aromatic heterocycles. The predicted octanol–water partition coefficient (Wildman–Crippen LogP) is 2.76. The third kappa shape index (κ3) is 2.25. The van der Waals surface area contributed by atoms with Gasteiger partial charge in [-0.2, -0.15) is 0 Å². The summed E-state index contributed by atoms with van der Waals surface area (Å²) >= 11 is 0. The maximum absolute atomic E-state index is 11.7. The summed E-state index contributed by atoms with van der Waals surface area (Å²) in [5.41, 5.74) is 3.22. The minimum Gasteiger partial charge on any atom is -0.326 e. The summed E-state index contributed by atoms with van der Waals surface area (Å²) in [7, 11) is 0. The van der Waals surface area contributed by atoms with Crippen LogP contribution in [0.5, 0.6) is 0 Å². The van der Waals surface area contributed by atoms with Crippen LogP contribution >= 0.6 is 0 Å². The highest BCUT2D eigenvalue weighted by Gasteiger charge is 2.10. The van der Waals surface area contributed by atoms with E-state index in [1.807, 2.05) is 6.92 Å². The Balaban J connectivity index is 3.29. The Hall–Kier alpha value is -1.05. The number of aromatic nitrogens is 1. The third-order valence-corrected chi connectivity index (χ3v) is 2.39. The molecular weight excluding hydrogens is 174 g/mol. The molecule has 0 fully saturated rings. The summed E-state index contributed by atoms with van der Waals surface area (Å²) in [6, 6.07) is 2.10. The Morgan fingerprint density at radius 1 is 1.43 bits per heavy atom. The molecule has 78 valence electrons. The molecule has 14 heavy (non-hydrogen) atoms. The highest BCUT2D eigenvalue weighted by molar-refractivity contribution is 5.29. The summed E-state index contributed by atoms with van der Waals surface area (Å²) in [5.74, 6) is 0.306. The fourth-order valence-corrected chi connectivity index (χ4v) is 1.88.